The van der Waals surface area contributed by atoms with E-state index in [1.807, 2.05) is 0 Å². The Kier molecular flexibility index (Phi) is 4.87. The van der Waals surface area contributed by atoms with Gasteiger partial charge in [-0.1, -0.05) is 36.2 Å². The smallest absolute Gasteiger partial charge is 0.159 e. The predicted molar refractivity (Wildman–Crippen MR) is 85.0 cm³/mol. The number of rotatable bonds is 5. The number of anilines is 4. The normalized spacial score (nSPS) is 10.3. The van der Waals surface area contributed by atoms with Crippen LogP contribution in [0, 0.1) is 0 Å². The van der Waals surface area contributed by atoms with E-state index in [-0.39, 0.29) is 0 Å². The summed E-state index contributed by atoms with van der Waals surface area (Å²) in [6.07, 6.45) is 2.42. The lowest BCUT2D eigenvalue weighted by molar-refractivity contribution is 0.966. The minimum Gasteiger partial charge on any atom is -0.393 e. The monoisotopic (exact) mass is 311 g/mol. The van der Waals surface area contributed by atoms with Crippen molar-refractivity contribution in [3.63, 3.8) is 0 Å². The molecule has 4 N–H and O–H groups in total. The Morgan fingerprint density at radius 1 is 1.20 bits per heavy atom. The molecule has 0 bridgehead atoms. The van der Waals surface area contributed by atoms with Gasteiger partial charge in [-0.05, 0) is 18.6 Å². The summed E-state index contributed by atoms with van der Waals surface area (Å²) in [5, 5.41) is 7.10. The Morgan fingerprint density at radius 2 is 1.95 bits per heavy atom. The first-order chi connectivity index (χ1) is 9.63. The molecule has 5 nitrogen and oxygen atoms in total. The second-order valence-electron chi connectivity index (χ2n) is 4.14. The molecule has 0 aliphatic heterocycles. The minimum absolute atomic E-state index is 0.426. The van der Waals surface area contributed by atoms with Crippen LogP contribution >= 0.6 is 23.2 Å². The molecule has 2 aromatic rings. The summed E-state index contributed by atoms with van der Waals surface area (Å²) in [5.74, 6) is 1.09. The third-order valence-corrected chi connectivity index (χ3v) is 3.45. The summed E-state index contributed by atoms with van der Waals surface area (Å²) in [6, 6.07) is 5.31. The molecule has 2 rings (SSSR count). The van der Waals surface area contributed by atoms with Gasteiger partial charge in [0.25, 0.3) is 0 Å². The number of hydrogen-bond donors (Lipinski definition) is 3. The van der Waals surface area contributed by atoms with E-state index in [1.165, 1.54) is 6.33 Å². The van der Waals surface area contributed by atoms with Gasteiger partial charge in [0.1, 0.15) is 12.0 Å². The van der Waals surface area contributed by atoms with E-state index in [0.29, 0.717) is 33.1 Å². The first kappa shape index (κ1) is 14.7. The van der Waals surface area contributed by atoms with Crippen molar-refractivity contribution in [2.24, 2.45) is 0 Å². The Labute approximate surface area is 127 Å². The van der Waals surface area contributed by atoms with E-state index < -0.39 is 0 Å². The van der Waals surface area contributed by atoms with Crippen molar-refractivity contribution in [3.05, 3.63) is 34.6 Å². The highest BCUT2D eigenvalue weighted by Crippen LogP contribution is 2.33. The van der Waals surface area contributed by atoms with Crippen LogP contribution in [-0.2, 0) is 0 Å². The number of nitrogen functional groups attached to an aromatic ring is 1. The van der Waals surface area contributed by atoms with E-state index in [2.05, 4.69) is 27.5 Å². The fraction of sp³-hybridized carbons (Fsp3) is 0.231. The second kappa shape index (κ2) is 6.63. The molecule has 7 heteroatoms. The van der Waals surface area contributed by atoms with Gasteiger partial charge in [0.05, 0.1) is 15.7 Å². The molecule has 0 aliphatic rings. The van der Waals surface area contributed by atoms with E-state index in [1.54, 1.807) is 18.2 Å². The molecule has 0 unspecified atom stereocenters. The maximum atomic E-state index is 6.12. The molecular formula is C13H15Cl2N5. The summed E-state index contributed by atoms with van der Waals surface area (Å²) in [6.45, 7) is 2.86. The first-order valence-electron chi connectivity index (χ1n) is 6.18. The number of nitrogens with two attached hydrogens (primary N) is 1. The number of benzene rings is 1. The SMILES string of the molecule is CCCNc1ncnc(Nc2cccc(Cl)c2Cl)c1N. The second-order valence-corrected chi connectivity index (χ2v) is 4.92. The van der Waals surface area contributed by atoms with Crippen LogP contribution in [0.2, 0.25) is 10.0 Å². The maximum Gasteiger partial charge on any atom is 0.159 e. The summed E-state index contributed by atoms with van der Waals surface area (Å²) >= 11 is 12.1. The van der Waals surface area contributed by atoms with Crippen molar-refractivity contribution in [1.82, 2.24) is 9.97 Å². The average Bonchev–Trinajstić information content (AvgIpc) is 2.44. The summed E-state index contributed by atoms with van der Waals surface area (Å²) in [4.78, 5) is 8.24. The molecule has 0 aliphatic carbocycles. The van der Waals surface area contributed by atoms with Crippen LogP contribution in [0.1, 0.15) is 13.3 Å². The lowest BCUT2D eigenvalue weighted by atomic mass is 10.3. The van der Waals surface area contributed by atoms with Gasteiger partial charge >= 0.3 is 0 Å². The quantitative estimate of drug-likeness (QED) is 0.780. The highest BCUT2D eigenvalue weighted by molar-refractivity contribution is 6.43. The molecule has 0 radical (unpaired) electrons. The number of nitrogens with one attached hydrogen (secondary N) is 2. The summed E-state index contributed by atoms with van der Waals surface area (Å²) in [7, 11) is 0. The van der Waals surface area contributed by atoms with Crippen LogP contribution in [0.5, 0.6) is 0 Å². The fourth-order valence-electron chi connectivity index (χ4n) is 1.61. The van der Waals surface area contributed by atoms with Crippen LogP contribution in [0.15, 0.2) is 24.5 Å². The lowest BCUT2D eigenvalue weighted by Gasteiger charge is -2.13. The predicted octanol–water partition coefficient (Wildman–Crippen LogP) is 3.93. The zero-order chi connectivity index (χ0) is 14.5. The number of hydrogen-bond acceptors (Lipinski definition) is 5. The van der Waals surface area contributed by atoms with Crippen LogP contribution < -0.4 is 16.4 Å². The van der Waals surface area contributed by atoms with Crippen molar-refractivity contribution in [1.29, 1.82) is 0 Å². The Hall–Kier alpha value is -1.72. The van der Waals surface area contributed by atoms with Gasteiger partial charge in [-0.2, -0.15) is 0 Å². The molecule has 0 spiro atoms. The number of aromatic nitrogens is 2. The summed E-state index contributed by atoms with van der Waals surface area (Å²) in [5.41, 5.74) is 7.12. The molecule has 0 atom stereocenters. The number of halogens is 2. The van der Waals surface area contributed by atoms with Gasteiger partial charge in [0.2, 0.25) is 0 Å². The molecule has 0 saturated carbocycles. The zero-order valence-electron chi connectivity index (χ0n) is 11.0. The van der Waals surface area contributed by atoms with Crippen molar-refractivity contribution < 1.29 is 0 Å². The third kappa shape index (κ3) is 3.23. The van der Waals surface area contributed by atoms with Gasteiger partial charge in [-0.3, -0.25) is 0 Å². The van der Waals surface area contributed by atoms with Gasteiger partial charge in [0.15, 0.2) is 11.6 Å². The number of nitrogens with zero attached hydrogens (tertiary/aromatic N) is 2. The van der Waals surface area contributed by atoms with Crippen LogP contribution in [0.4, 0.5) is 23.0 Å². The molecule has 1 heterocycles. The molecule has 0 amide bonds. The standard InChI is InChI=1S/C13H15Cl2N5/c1-2-6-17-12-11(16)13(19-7-18-12)20-9-5-3-4-8(14)10(9)15/h3-5,7H,2,6,16H2,1H3,(H2,17,18,19,20). The minimum atomic E-state index is 0.426. The largest absolute Gasteiger partial charge is 0.393 e. The average molecular weight is 312 g/mol. The zero-order valence-corrected chi connectivity index (χ0v) is 12.5. The van der Waals surface area contributed by atoms with Gasteiger partial charge < -0.3 is 16.4 Å². The Morgan fingerprint density at radius 3 is 2.70 bits per heavy atom. The van der Waals surface area contributed by atoms with Crippen LogP contribution in [0.25, 0.3) is 0 Å². The third-order valence-electron chi connectivity index (χ3n) is 2.63. The maximum absolute atomic E-state index is 6.12. The highest BCUT2D eigenvalue weighted by atomic mass is 35.5. The van der Waals surface area contributed by atoms with Crippen molar-refractivity contribution >= 4 is 46.2 Å². The van der Waals surface area contributed by atoms with Crippen molar-refractivity contribution in [2.45, 2.75) is 13.3 Å². The van der Waals surface area contributed by atoms with Crippen LogP contribution in [-0.4, -0.2) is 16.5 Å². The Bertz CT molecular complexity index is 603. The fourth-order valence-corrected chi connectivity index (χ4v) is 1.96. The van der Waals surface area contributed by atoms with E-state index >= 15 is 0 Å². The van der Waals surface area contributed by atoms with Gasteiger partial charge in [-0.25, -0.2) is 9.97 Å². The van der Waals surface area contributed by atoms with Crippen LogP contribution in [0.3, 0.4) is 0 Å². The Balaban J connectivity index is 2.27. The van der Waals surface area contributed by atoms with E-state index in [9.17, 15) is 0 Å². The topological polar surface area (TPSA) is 75.9 Å². The first-order valence-corrected chi connectivity index (χ1v) is 6.94. The molecule has 106 valence electrons. The highest BCUT2D eigenvalue weighted by Gasteiger charge is 2.10. The molecule has 0 saturated heterocycles. The molecule has 1 aromatic carbocycles. The van der Waals surface area contributed by atoms with Crippen molar-refractivity contribution in [3.8, 4) is 0 Å². The molecule has 1 aromatic heterocycles. The molecule has 20 heavy (non-hydrogen) atoms. The van der Waals surface area contributed by atoms with E-state index in [4.69, 9.17) is 28.9 Å². The lowest BCUT2D eigenvalue weighted by Crippen LogP contribution is -2.08. The van der Waals surface area contributed by atoms with Crippen molar-refractivity contribution in [2.75, 3.05) is 22.9 Å². The summed E-state index contributed by atoms with van der Waals surface area (Å²) < 4.78 is 0. The molecular weight excluding hydrogens is 297 g/mol. The molecule has 0 fully saturated rings. The van der Waals surface area contributed by atoms with E-state index in [0.717, 1.165) is 13.0 Å². The van der Waals surface area contributed by atoms with Gasteiger partial charge in [-0.15, -0.1) is 0 Å². The van der Waals surface area contributed by atoms with Gasteiger partial charge in [0, 0.05) is 6.54 Å².